The van der Waals surface area contributed by atoms with Crippen molar-refractivity contribution < 1.29 is 8.42 Å². The molecule has 2 unspecified atom stereocenters. The monoisotopic (exact) mass is 375 g/mol. The molecule has 0 aromatic heterocycles. The summed E-state index contributed by atoms with van der Waals surface area (Å²) in [6.45, 7) is 7.01. The van der Waals surface area contributed by atoms with Crippen LogP contribution >= 0.6 is 15.9 Å². The van der Waals surface area contributed by atoms with Crippen molar-refractivity contribution in [3.63, 3.8) is 0 Å². The molecular formula is C16H26BrNO2S. The van der Waals surface area contributed by atoms with E-state index in [2.05, 4.69) is 35.1 Å². The maximum absolute atomic E-state index is 12.9. The number of nitrogens with one attached hydrogen (secondary N) is 1. The first-order chi connectivity index (χ1) is 9.97. The quantitative estimate of drug-likeness (QED) is 0.704. The summed E-state index contributed by atoms with van der Waals surface area (Å²) in [5.41, 5.74) is 0. The summed E-state index contributed by atoms with van der Waals surface area (Å²) in [6, 6.07) is 6.96. The molecule has 1 rings (SSSR count). The Balaban J connectivity index is 3.06. The van der Waals surface area contributed by atoms with Crippen molar-refractivity contribution in [1.82, 2.24) is 5.32 Å². The molecule has 1 aromatic carbocycles. The molecule has 5 heteroatoms. The lowest BCUT2D eigenvalue weighted by atomic mass is 10.1. The molecule has 0 fully saturated rings. The maximum Gasteiger partial charge on any atom is 0.182 e. The lowest BCUT2D eigenvalue weighted by Crippen LogP contribution is -2.44. The van der Waals surface area contributed by atoms with Crippen LogP contribution in [0.2, 0.25) is 0 Å². The van der Waals surface area contributed by atoms with Gasteiger partial charge in [0, 0.05) is 10.5 Å². The number of hydrogen-bond donors (Lipinski definition) is 1. The zero-order valence-electron chi connectivity index (χ0n) is 13.1. The molecule has 0 saturated carbocycles. The Bertz CT molecular complexity index is 514. The minimum absolute atomic E-state index is 0.0218. The minimum atomic E-state index is -3.30. The van der Waals surface area contributed by atoms with Crippen molar-refractivity contribution in [2.24, 2.45) is 0 Å². The second-order valence-corrected chi connectivity index (χ2v) is 8.38. The van der Waals surface area contributed by atoms with Crippen LogP contribution in [0.15, 0.2) is 33.6 Å². The minimum Gasteiger partial charge on any atom is -0.313 e. The molecule has 0 aliphatic rings. The van der Waals surface area contributed by atoms with E-state index in [0.717, 1.165) is 30.3 Å². The summed E-state index contributed by atoms with van der Waals surface area (Å²) in [5.74, 6) is 0. The van der Waals surface area contributed by atoms with E-state index in [1.165, 1.54) is 0 Å². The van der Waals surface area contributed by atoms with Gasteiger partial charge in [0.1, 0.15) is 0 Å². The van der Waals surface area contributed by atoms with Gasteiger partial charge in [-0.2, -0.15) is 0 Å². The third-order valence-electron chi connectivity index (χ3n) is 3.65. The highest BCUT2D eigenvalue weighted by molar-refractivity contribution is 9.10. The van der Waals surface area contributed by atoms with Crippen molar-refractivity contribution >= 4 is 25.8 Å². The molecule has 1 N–H and O–H groups in total. The van der Waals surface area contributed by atoms with Crippen LogP contribution in [-0.4, -0.2) is 26.3 Å². The highest BCUT2D eigenvalue weighted by Gasteiger charge is 2.32. The predicted octanol–water partition coefficient (Wildman–Crippen LogP) is 4.17. The first-order valence-electron chi connectivity index (χ1n) is 7.70. The second kappa shape index (κ2) is 8.91. The van der Waals surface area contributed by atoms with E-state index in [0.29, 0.717) is 11.3 Å². The molecule has 21 heavy (non-hydrogen) atoms. The van der Waals surface area contributed by atoms with Gasteiger partial charge in [-0.15, -0.1) is 0 Å². The van der Waals surface area contributed by atoms with Crippen molar-refractivity contribution in [2.75, 3.05) is 6.54 Å². The van der Waals surface area contributed by atoms with Gasteiger partial charge >= 0.3 is 0 Å². The van der Waals surface area contributed by atoms with Crippen LogP contribution in [0.25, 0.3) is 0 Å². The number of halogens is 1. The maximum atomic E-state index is 12.9. The Hall–Kier alpha value is -0.390. The van der Waals surface area contributed by atoms with Crippen molar-refractivity contribution in [1.29, 1.82) is 0 Å². The number of sulfone groups is 1. The third kappa shape index (κ3) is 5.08. The SMILES string of the molecule is CCCNC(CCC)C(CC)S(=O)(=O)c1ccc(Br)cc1. The second-order valence-electron chi connectivity index (χ2n) is 5.29. The summed E-state index contributed by atoms with van der Waals surface area (Å²) in [5, 5.41) is 3.05. The summed E-state index contributed by atoms with van der Waals surface area (Å²) in [6.07, 6.45) is 3.50. The van der Waals surface area contributed by atoms with Crippen LogP contribution in [0, 0.1) is 0 Å². The van der Waals surface area contributed by atoms with Crippen LogP contribution in [-0.2, 0) is 9.84 Å². The van der Waals surface area contributed by atoms with Crippen LogP contribution in [0.4, 0.5) is 0 Å². The molecule has 0 aliphatic carbocycles. The van der Waals surface area contributed by atoms with E-state index in [1.54, 1.807) is 24.3 Å². The third-order valence-corrected chi connectivity index (χ3v) is 6.56. The Kier molecular flexibility index (Phi) is 7.92. The summed E-state index contributed by atoms with van der Waals surface area (Å²) in [7, 11) is -3.30. The van der Waals surface area contributed by atoms with E-state index in [1.807, 2.05) is 6.92 Å². The molecule has 0 bridgehead atoms. The topological polar surface area (TPSA) is 46.2 Å². The van der Waals surface area contributed by atoms with E-state index in [9.17, 15) is 8.42 Å². The molecule has 0 aliphatic heterocycles. The first-order valence-corrected chi connectivity index (χ1v) is 10.0. The zero-order valence-corrected chi connectivity index (χ0v) is 15.5. The molecule has 0 saturated heterocycles. The van der Waals surface area contributed by atoms with Gasteiger partial charge in [0.2, 0.25) is 0 Å². The van der Waals surface area contributed by atoms with Crippen molar-refractivity contribution in [3.8, 4) is 0 Å². The summed E-state index contributed by atoms with van der Waals surface area (Å²) in [4.78, 5) is 0.414. The lowest BCUT2D eigenvalue weighted by Gasteiger charge is -2.27. The van der Waals surface area contributed by atoms with E-state index in [4.69, 9.17) is 0 Å². The Labute approximate surface area is 137 Å². The number of benzene rings is 1. The van der Waals surface area contributed by atoms with E-state index in [-0.39, 0.29) is 11.3 Å². The smallest absolute Gasteiger partial charge is 0.182 e. The van der Waals surface area contributed by atoms with Gasteiger partial charge in [-0.05, 0) is 50.1 Å². The lowest BCUT2D eigenvalue weighted by molar-refractivity contribution is 0.436. The average Bonchev–Trinajstić information content (AvgIpc) is 2.45. The molecule has 0 radical (unpaired) electrons. The van der Waals surface area contributed by atoms with Gasteiger partial charge in [-0.25, -0.2) is 8.42 Å². The van der Waals surface area contributed by atoms with Gasteiger partial charge < -0.3 is 5.32 Å². The fourth-order valence-electron chi connectivity index (χ4n) is 2.58. The molecule has 120 valence electrons. The summed E-state index contributed by atoms with van der Waals surface area (Å²) >= 11 is 3.35. The highest BCUT2D eigenvalue weighted by atomic mass is 79.9. The average molecular weight is 376 g/mol. The molecular weight excluding hydrogens is 350 g/mol. The molecule has 2 atom stereocenters. The fourth-order valence-corrected chi connectivity index (χ4v) is 4.81. The van der Waals surface area contributed by atoms with E-state index >= 15 is 0 Å². The van der Waals surface area contributed by atoms with E-state index < -0.39 is 9.84 Å². The van der Waals surface area contributed by atoms with Crippen molar-refractivity contribution in [3.05, 3.63) is 28.7 Å². The Morgan fingerprint density at radius 2 is 1.71 bits per heavy atom. The molecule has 3 nitrogen and oxygen atoms in total. The Morgan fingerprint density at radius 3 is 2.19 bits per heavy atom. The normalized spacial score (nSPS) is 14.9. The van der Waals surface area contributed by atoms with Crippen molar-refractivity contribution in [2.45, 2.75) is 62.6 Å². The molecule has 0 heterocycles. The predicted molar refractivity (Wildman–Crippen MR) is 92.4 cm³/mol. The number of rotatable bonds is 9. The zero-order chi connectivity index (χ0) is 15.9. The Morgan fingerprint density at radius 1 is 1.10 bits per heavy atom. The van der Waals surface area contributed by atoms with Gasteiger partial charge in [-0.3, -0.25) is 0 Å². The van der Waals surface area contributed by atoms with Gasteiger partial charge in [0.25, 0.3) is 0 Å². The molecule has 0 amide bonds. The standard InChI is InChI=1S/C16H26BrNO2S/c1-4-7-15(18-12-5-2)16(6-3)21(19,20)14-10-8-13(17)9-11-14/h8-11,15-16,18H,4-7,12H2,1-3H3. The summed E-state index contributed by atoms with van der Waals surface area (Å²) < 4.78 is 26.7. The largest absolute Gasteiger partial charge is 0.313 e. The van der Waals surface area contributed by atoms with Crippen LogP contribution in [0.5, 0.6) is 0 Å². The first kappa shape index (κ1) is 18.7. The van der Waals surface area contributed by atoms with Crippen LogP contribution < -0.4 is 5.32 Å². The van der Waals surface area contributed by atoms with Gasteiger partial charge in [-0.1, -0.05) is 43.1 Å². The van der Waals surface area contributed by atoms with Crippen LogP contribution in [0.1, 0.15) is 46.5 Å². The van der Waals surface area contributed by atoms with Crippen LogP contribution in [0.3, 0.4) is 0 Å². The molecule has 1 aromatic rings. The number of hydrogen-bond acceptors (Lipinski definition) is 3. The van der Waals surface area contributed by atoms with Gasteiger partial charge in [0.05, 0.1) is 10.1 Å². The molecule has 0 spiro atoms. The highest BCUT2D eigenvalue weighted by Crippen LogP contribution is 2.24. The fraction of sp³-hybridized carbons (Fsp3) is 0.625. The van der Waals surface area contributed by atoms with Gasteiger partial charge in [0.15, 0.2) is 9.84 Å².